The SMILES string of the molecule is CC(C)(C#N)CCOc1c(C#N)oc2ccccc12. The first kappa shape index (κ1) is 13.0. The molecule has 0 N–H and O–H groups in total. The largest absolute Gasteiger partial charge is 0.488 e. The van der Waals surface area contributed by atoms with E-state index >= 15 is 0 Å². The highest BCUT2D eigenvalue weighted by molar-refractivity contribution is 5.86. The van der Waals surface area contributed by atoms with Gasteiger partial charge in [0.15, 0.2) is 5.75 Å². The Bertz CT molecular complexity index is 671. The van der Waals surface area contributed by atoms with Gasteiger partial charge in [0.1, 0.15) is 11.7 Å². The fraction of sp³-hybridized carbons (Fsp3) is 0.333. The highest BCUT2D eigenvalue weighted by atomic mass is 16.5. The molecule has 1 heterocycles. The molecule has 0 spiro atoms. The van der Waals surface area contributed by atoms with Gasteiger partial charge in [-0.1, -0.05) is 12.1 Å². The van der Waals surface area contributed by atoms with Crippen LogP contribution in [-0.2, 0) is 0 Å². The van der Waals surface area contributed by atoms with E-state index in [2.05, 4.69) is 6.07 Å². The van der Waals surface area contributed by atoms with Gasteiger partial charge < -0.3 is 9.15 Å². The monoisotopic (exact) mass is 254 g/mol. The molecule has 0 bridgehead atoms. The van der Waals surface area contributed by atoms with E-state index in [1.165, 1.54) is 0 Å². The van der Waals surface area contributed by atoms with Crippen molar-refractivity contribution in [1.82, 2.24) is 0 Å². The maximum Gasteiger partial charge on any atom is 0.246 e. The number of hydrogen-bond donors (Lipinski definition) is 0. The molecule has 0 fully saturated rings. The highest BCUT2D eigenvalue weighted by Gasteiger charge is 2.19. The Morgan fingerprint density at radius 2 is 2.00 bits per heavy atom. The average molecular weight is 254 g/mol. The summed E-state index contributed by atoms with van der Waals surface area (Å²) in [7, 11) is 0. The number of ether oxygens (including phenoxy) is 1. The second kappa shape index (κ2) is 5.04. The van der Waals surface area contributed by atoms with Crippen LogP contribution in [0.15, 0.2) is 28.7 Å². The van der Waals surface area contributed by atoms with Crippen LogP contribution in [0.5, 0.6) is 5.75 Å². The fourth-order valence-electron chi connectivity index (χ4n) is 1.70. The Kier molecular flexibility index (Phi) is 3.44. The Hall–Kier alpha value is -2.46. The predicted molar refractivity (Wildman–Crippen MR) is 70.4 cm³/mol. The molecule has 4 heteroatoms. The summed E-state index contributed by atoms with van der Waals surface area (Å²) in [5.41, 5.74) is 0.195. The van der Waals surface area contributed by atoms with Crippen LogP contribution in [0.4, 0.5) is 0 Å². The number of hydrogen-bond acceptors (Lipinski definition) is 4. The van der Waals surface area contributed by atoms with E-state index in [4.69, 9.17) is 19.7 Å². The molecule has 0 aliphatic heterocycles. The topological polar surface area (TPSA) is 69.9 Å². The predicted octanol–water partition coefficient (Wildman–Crippen LogP) is 3.62. The number of nitrogens with zero attached hydrogens (tertiary/aromatic N) is 2. The molecule has 19 heavy (non-hydrogen) atoms. The zero-order chi connectivity index (χ0) is 13.9. The molecule has 2 rings (SSSR count). The summed E-state index contributed by atoms with van der Waals surface area (Å²) in [4.78, 5) is 0. The minimum absolute atomic E-state index is 0.177. The highest BCUT2D eigenvalue weighted by Crippen LogP contribution is 2.33. The summed E-state index contributed by atoms with van der Waals surface area (Å²) >= 11 is 0. The number of para-hydroxylation sites is 1. The minimum Gasteiger partial charge on any atom is -0.488 e. The quantitative estimate of drug-likeness (QED) is 0.835. The normalized spacial score (nSPS) is 10.9. The van der Waals surface area contributed by atoms with Crippen molar-refractivity contribution in [2.45, 2.75) is 20.3 Å². The number of nitriles is 2. The molecule has 0 saturated heterocycles. The van der Waals surface area contributed by atoms with E-state index in [1.807, 2.05) is 38.1 Å². The molecule has 0 atom stereocenters. The van der Waals surface area contributed by atoms with Gasteiger partial charge in [-0.3, -0.25) is 0 Å². The smallest absolute Gasteiger partial charge is 0.246 e. The first-order valence-electron chi connectivity index (χ1n) is 6.03. The number of rotatable bonds is 4. The van der Waals surface area contributed by atoms with Crippen molar-refractivity contribution in [1.29, 1.82) is 10.5 Å². The van der Waals surface area contributed by atoms with E-state index in [9.17, 15) is 0 Å². The van der Waals surface area contributed by atoms with Crippen molar-refractivity contribution in [3.8, 4) is 17.9 Å². The van der Waals surface area contributed by atoms with Gasteiger partial charge in [0.25, 0.3) is 0 Å². The Morgan fingerprint density at radius 1 is 1.26 bits per heavy atom. The molecule has 1 aromatic heterocycles. The van der Waals surface area contributed by atoms with Crippen molar-refractivity contribution >= 4 is 11.0 Å². The van der Waals surface area contributed by atoms with Crippen LogP contribution < -0.4 is 4.74 Å². The maximum atomic E-state index is 9.05. The maximum absolute atomic E-state index is 9.05. The summed E-state index contributed by atoms with van der Waals surface area (Å²) in [6, 6.07) is 11.6. The van der Waals surface area contributed by atoms with E-state index in [1.54, 1.807) is 6.07 Å². The first-order valence-corrected chi connectivity index (χ1v) is 6.03. The summed E-state index contributed by atoms with van der Waals surface area (Å²) in [6.07, 6.45) is 0.591. The average Bonchev–Trinajstić information content (AvgIpc) is 2.77. The Labute approximate surface area is 111 Å². The van der Waals surface area contributed by atoms with Crippen molar-refractivity contribution in [3.63, 3.8) is 0 Å². The Balaban J connectivity index is 2.21. The molecule has 0 unspecified atom stereocenters. The van der Waals surface area contributed by atoms with Crippen molar-refractivity contribution in [2.75, 3.05) is 6.61 Å². The van der Waals surface area contributed by atoms with Gasteiger partial charge in [-0.05, 0) is 32.4 Å². The lowest BCUT2D eigenvalue weighted by atomic mass is 9.92. The first-order chi connectivity index (χ1) is 9.07. The number of fused-ring (bicyclic) bond motifs is 1. The van der Waals surface area contributed by atoms with Gasteiger partial charge in [-0.2, -0.15) is 10.5 Å². The third-order valence-corrected chi connectivity index (χ3v) is 2.93. The fourth-order valence-corrected chi connectivity index (χ4v) is 1.70. The zero-order valence-electron chi connectivity index (χ0n) is 10.9. The van der Waals surface area contributed by atoms with Crippen LogP contribution in [0.1, 0.15) is 26.0 Å². The summed E-state index contributed by atoms with van der Waals surface area (Å²) in [5.74, 6) is 0.641. The number of benzene rings is 1. The summed E-state index contributed by atoms with van der Waals surface area (Å²) < 4.78 is 11.1. The van der Waals surface area contributed by atoms with Gasteiger partial charge in [-0.15, -0.1) is 0 Å². The molecular formula is C15H14N2O2. The van der Waals surface area contributed by atoms with Crippen LogP contribution in [0.25, 0.3) is 11.0 Å². The van der Waals surface area contributed by atoms with Crippen LogP contribution in [0, 0.1) is 28.1 Å². The van der Waals surface area contributed by atoms with Crippen molar-refractivity contribution < 1.29 is 9.15 Å². The van der Waals surface area contributed by atoms with E-state index < -0.39 is 5.41 Å². The number of furan rings is 1. The third-order valence-electron chi connectivity index (χ3n) is 2.93. The van der Waals surface area contributed by atoms with Gasteiger partial charge in [-0.25, -0.2) is 0 Å². The lowest BCUT2D eigenvalue weighted by molar-refractivity contribution is 0.263. The molecule has 0 saturated carbocycles. The standard InChI is InChI=1S/C15H14N2O2/c1-15(2,10-17)7-8-18-14-11-5-3-4-6-12(11)19-13(14)9-16/h3-6H,7-8H2,1-2H3. The zero-order valence-corrected chi connectivity index (χ0v) is 10.9. The van der Waals surface area contributed by atoms with Gasteiger partial charge in [0.2, 0.25) is 5.76 Å². The molecule has 2 aromatic rings. The van der Waals surface area contributed by atoms with E-state index in [0.29, 0.717) is 24.4 Å². The second-order valence-corrected chi connectivity index (χ2v) is 4.96. The lowest BCUT2D eigenvalue weighted by Crippen LogP contribution is -2.13. The molecule has 0 aliphatic carbocycles. The van der Waals surface area contributed by atoms with Crippen LogP contribution in [0.2, 0.25) is 0 Å². The van der Waals surface area contributed by atoms with Crippen LogP contribution >= 0.6 is 0 Å². The molecule has 1 aromatic carbocycles. The van der Waals surface area contributed by atoms with Crippen molar-refractivity contribution in [3.05, 3.63) is 30.0 Å². The minimum atomic E-state index is -0.438. The molecule has 0 radical (unpaired) electrons. The van der Waals surface area contributed by atoms with Gasteiger partial charge >= 0.3 is 0 Å². The molecule has 4 nitrogen and oxygen atoms in total. The van der Waals surface area contributed by atoms with E-state index in [-0.39, 0.29) is 5.76 Å². The second-order valence-electron chi connectivity index (χ2n) is 4.96. The summed E-state index contributed by atoms with van der Waals surface area (Å²) in [5, 5.41) is 18.8. The van der Waals surface area contributed by atoms with Gasteiger partial charge in [0.05, 0.1) is 23.5 Å². The summed E-state index contributed by atoms with van der Waals surface area (Å²) in [6.45, 7) is 4.09. The van der Waals surface area contributed by atoms with Crippen LogP contribution in [0.3, 0.4) is 0 Å². The van der Waals surface area contributed by atoms with Crippen molar-refractivity contribution in [2.24, 2.45) is 5.41 Å². The third kappa shape index (κ3) is 2.69. The van der Waals surface area contributed by atoms with Crippen LogP contribution in [-0.4, -0.2) is 6.61 Å². The Morgan fingerprint density at radius 3 is 2.68 bits per heavy atom. The van der Waals surface area contributed by atoms with E-state index in [0.717, 1.165) is 5.39 Å². The molecule has 96 valence electrons. The molecule has 0 amide bonds. The molecule has 0 aliphatic rings. The molecular weight excluding hydrogens is 240 g/mol. The lowest BCUT2D eigenvalue weighted by Gasteiger charge is -2.14. The van der Waals surface area contributed by atoms with Gasteiger partial charge in [0, 0.05) is 0 Å².